The third-order valence-electron chi connectivity index (χ3n) is 3.46. The number of carbonyl (C=O) groups is 1. The van der Waals surface area contributed by atoms with Gasteiger partial charge in [0.25, 0.3) is 5.91 Å². The van der Waals surface area contributed by atoms with Crippen LogP contribution in [0.5, 0.6) is 5.75 Å². The first kappa shape index (κ1) is 16.6. The number of amides is 1. The molecule has 1 aromatic carbocycles. The Morgan fingerprint density at radius 1 is 1.16 bits per heavy atom. The molecule has 0 unspecified atom stereocenters. The molecule has 1 amide bonds. The van der Waals surface area contributed by atoms with Gasteiger partial charge in [-0.15, -0.1) is 0 Å². The van der Waals surface area contributed by atoms with Crippen molar-refractivity contribution in [2.24, 2.45) is 0 Å². The summed E-state index contributed by atoms with van der Waals surface area (Å²) in [5.41, 5.74) is 2.09. The second-order valence-electron chi connectivity index (χ2n) is 5.31. The number of benzene rings is 1. The number of nitrogens with zero attached hydrogens (tertiary/aromatic N) is 1. The number of hydrogen-bond acceptors (Lipinski definition) is 5. The molecule has 128 valence electrons. The van der Waals surface area contributed by atoms with Crippen molar-refractivity contribution >= 4 is 17.3 Å². The molecule has 0 saturated heterocycles. The summed E-state index contributed by atoms with van der Waals surface area (Å²) in [6.45, 7) is 2.91. The minimum atomic E-state index is -0.209. The van der Waals surface area contributed by atoms with Crippen molar-refractivity contribution in [2.75, 3.05) is 11.9 Å². The molecule has 0 bridgehead atoms. The van der Waals surface area contributed by atoms with Crippen LogP contribution in [0.4, 0.5) is 11.4 Å². The Morgan fingerprint density at radius 2 is 2.00 bits per heavy atom. The number of hydrogen-bond donors (Lipinski definition) is 2. The van der Waals surface area contributed by atoms with Crippen molar-refractivity contribution in [1.29, 1.82) is 0 Å². The lowest BCUT2D eigenvalue weighted by Crippen LogP contribution is -2.22. The molecule has 0 atom stereocenters. The lowest BCUT2D eigenvalue weighted by atomic mass is 10.2. The second-order valence-corrected chi connectivity index (χ2v) is 5.31. The van der Waals surface area contributed by atoms with Crippen LogP contribution < -0.4 is 15.4 Å². The van der Waals surface area contributed by atoms with Gasteiger partial charge in [-0.25, -0.2) is 0 Å². The normalized spacial score (nSPS) is 10.3. The molecule has 0 radical (unpaired) electrons. The van der Waals surface area contributed by atoms with E-state index in [0.29, 0.717) is 24.5 Å². The molecule has 0 saturated carbocycles. The molecule has 2 aromatic heterocycles. The molecular weight excluding hydrogens is 318 g/mol. The Balaban J connectivity index is 1.63. The van der Waals surface area contributed by atoms with E-state index >= 15 is 0 Å². The third kappa shape index (κ3) is 4.60. The van der Waals surface area contributed by atoms with Crippen LogP contribution in [-0.4, -0.2) is 17.5 Å². The maximum absolute atomic E-state index is 12.2. The van der Waals surface area contributed by atoms with Gasteiger partial charge < -0.3 is 19.8 Å². The van der Waals surface area contributed by atoms with Crippen LogP contribution in [-0.2, 0) is 6.54 Å². The zero-order valence-corrected chi connectivity index (χ0v) is 13.9. The fraction of sp³-hybridized carbons (Fsp3) is 0.158. The highest BCUT2D eigenvalue weighted by atomic mass is 16.5. The summed E-state index contributed by atoms with van der Waals surface area (Å²) >= 11 is 0. The monoisotopic (exact) mass is 337 g/mol. The number of anilines is 2. The molecular formula is C19H19N3O3. The Morgan fingerprint density at radius 3 is 2.72 bits per heavy atom. The van der Waals surface area contributed by atoms with E-state index in [1.807, 2.05) is 37.3 Å². The van der Waals surface area contributed by atoms with E-state index < -0.39 is 0 Å². The van der Waals surface area contributed by atoms with Gasteiger partial charge in [-0.1, -0.05) is 0 Å². The summed E-state index contributed by atoms with van der Waals surface area (Å²) in [7, 11) is 0. The molecule has 6 nitrogen and oxygen atoms in total. The van der Waals surface area contributed by atoms with Crippen LogP contribution in [0.15, 0.2) is 65.5 Å². The van der Waals surface area contributed by atoms with Gasteiger partial charge in [-0.05, 0) is 49.4 Å². The summed E-state index contributed by atoms with van der Waals surface area (Å²) in [5, 5.41) is 6.02. The molecule has 0 aliphatic heterocycles. The topological polar surface area (TPSA) is 76.4 Å². The smallest absolute Gasteiger partial charge is 0.253 e. The minimum Gasteiger partial charge on any atom is -0.494 e. The van der Waals surface area contributed by atoms with Crippen LogP contribution in [0.1, 0.15) is 23.0 Å². The van der Waals surface area contributed by atoms with E-state index in [-0.39, 0.29) is 5.91 Å². The van der Waals surface area contributed by atoms with E-state index in [1.165, 1.54) is 6.20 Å². The predicted octanol–water partition coefficient (Wildman–Crippen LogP) is 3.75. The number of rotatable bonds is 7. The van der Waals surface area contributed by atoms with Gasteiger partial charge in [0.2, 0.25) is 0 Å². The molecule has 6 heteroatoms. The Hall–Kier alpha value is -3.28. The van der Waals surface area contributed by atoms with E-state index in [0.717, 1.165) is 17.1 Å². The van der Waals surface area contributed by atoms with Crippen molar-refractivity contribution in [3.63, 3.8) is 0 Å². The highest BCUT2D eigenvalue weighted by molar-refractivity contribution is 5.94. The third-order valence-corrected chi connectivity index (χ3v) is 3.46. The average Bonchev–Trinajstić information content (AvgIpc) is 3.15. The van der Waals surface area contributed by atoms with Gasteiger partial charge in [0.05, 0.1) is 36.9 Å². The molecule has 2 heterocycles. The molecule has 0 fully saturated rings. The van der Waals surface area contributed by atoms with E-state index in [2.05, 4.69) is 15.6 Å². The van der Waals surface area contributed by atoms with Gasteiger partial charge in [-0.2, -0.15) is 0 Å². The van der Waals surface area contributed by atoms with Crippen molar-refractivity contribution in [3.05, 3.63) is 72.4 Å². The van der Waals surface area contributed by atoms with Gasteiger partial charge in [0.1, 0.15) is 11.5 Å². The second kappa shape index (κ2) is 8.01. The van der Waals surface area contributed by atoms with Crippen LogP contribution >= 0.6 is 0 Å². The minimum absolute atomic E-state index is 0.209. The lowest BCUT2D eigenvalue weighted by molar-refractivity contribution is 0.0947. The largest absolute Gasteiger partial charge is 0.494 e. The number of pyridine rings is 1. The molecule has 25 heavy (non-hydrogen) atoms. The quantitative estimate of drug-likeness (QED) is 0.687. The fourth-order valence-electron chi connectivity index (χ4n) is 2.28. The summed E-state index contributed by atoms with van der Waals surface area (Å²) in [6.07, 6.45) is 4.77. The molecule has 3 aromatic rings. The fourth-order valence-corrected chi connectivity index (χ4v) is 2.28. The maximum Gasteiger partial charge on any atom is 0.253 e. The number of furan rings is 1. The van der Waals surface area contributed by atoms with Gasteiger partial charge in [0.15, 0.2) is 0 Å². The van der Waals surface area contributed by atoms with Crippen LogP contribution in [0.25, 0.3) is 0 Å². The number of aromatic nitrogens is 1. The Kier molecular flexibility index (Phi) is 5.31. The van der Waals surface area contributed by atoms with Crippen molar-refractivity contribution < 1.29 is 13.9 Å². The number of nitrogens with one attached hydrogen (secondary N) is 2. The first-order chi connectivity index (χ1) is 12.2. The predicted molar refractivity (Wildman–Crippen MR) is 95.0 cm³/mol. The highest BCUT2D eigenvalue weighted by Gasteiger charge is 2.08. The standard InChI is InChI=1S/C19H19N3O3/c1-2-24-17-7-5-15(6-8-17)22-16-10-14(11-20-12-16)19(23)21-13-18-4-3-9-25-18/h3-12,22H,2,13H2,1H3,(H,21,23). The number of ether oxygens (including phenoxy) is 1. The van der Waals surface area contributed by atoms with Crippen molar-refractivity contribution in [2.45, 2.75) is 13.5 Å². The molecule has 0 spiro atoms. The first-order valence-electron chi connectivity index (χ1n) is 8.00. The summed E-state index contributed by atoms with van der Waals surface area (Å²) < 4.78 is 10.6. The van der Waals surface area contributed by atoms with E-state index in [4.69, 9.17) is 9.15 Å². The van der Waals surface area contributed by atoms with Gasteiger partial charge >= 0.3 is 0 Å². The molecule has 3 rings (SSSR count). The van der Waals surface area contributed by atoms with Crippen molar-refractivity contribution in [3.8, 4) is 5.75 Å². The van der Waals surface area contributed by atoms with E-state index in [9.17, 15) is 4.79 Å². The van der Waals surface area contributed by atoms with E-state index in [1.54, 1.807) is 24.6 Å². The highest BCUT2D eigenvalue weighted by Crippen LogP contribution is 2.20. The average molecular weight is 337 g/mol. The Bertz CT molecular complexity index is 814. The number of carbonyl (C=O) groups excluding carboxylic acids is 1. The summed E-state index contributed by atoms with van der Waals surface area (Å²) in [4.78, 5) is 16.3. The summed E-state index contributed by atoms with van der Waals surface area (Å²) in [6, 6.07) is 12.9. The SMILES string of the molecule is CCOc1ccc(Nc2cncc(C(=O)NCc3ccco3)c2)cc1. The molecule has 0 aliphatic carbocycles. The Labute approximate surface area is 145 Å². The maximum atomic E-state index is 12.2. The van der Waals surface area contributed by atoms with Gasteiger partial charge in [0, 0.05) is 11.9 Å². The zero-order valence-electron chi connectivity index (χ0n) is 13.9. The lowest BCUT2D eigenvalue weighted by Gasteiger charge is -2.09. The van der Waals surface area contributed by atoms with Gasteiger partial charge in [-0.3, -0.25) is 9.78 Å². The van der Waals surface area contributed by atoms with Crippen molar-refractivity contribution in [1.82, 2.24) is 10.3 Å². The summed E-state index contributed by atoms with van der Waals surface area (Å²) in [5.74, 6) is 1.31. The van der Waals surface area contributed by atoms with Crippen LogP contribution in [0.3, 0.4) is 0 Å². The molecule has 0 aliphatic rings. The van der Waals surface area contributed by atoms with Crippen LogP contribution in [0, 0.1) is 0 Å². The molecule has 2 N–H and O–H groups in total. The zero-order chi connectivity index (χ0) is 17.5. The first-order valence-corrected chi connectivity index (χ1v) is 8.00. The van der Waals surface area contributed by atoms with Crippen LogP contribution in [0.2, 0.25) is 0 Å².